The zero-order valence-electron chi connectivity index (χ0n) is 19.7. The second-order valence-electron chi connectivity index (χ2n) is 9.70. The largest absolute Gasteiger partial charge is 0.495 e. The lowest BCUT2D eigenvalue weighted by atomic mass is 9.72. The van der Waals surface area contributed by atoms with Crippen molar-refractivity contribution in [3.05, 3.63) is 50.3 Å². The minimum Gasteiger partial charge on any atom is -0.495 e. The van der Waals surface area contributed by atoms with Crippen LogP contribution in [0.2, 0.25) is 5.02 Å². The molecule has 0 saturated carbocycles. The summed E-state index contributed by atoms with van der Waals surface area (Å²) in [6, 6.07) is 4.33. The third-order valence-electron chi connectivity index (χ3n) is 6.66. The Kier molecular flexibility index (Phi) is 6.56. The highest BCUT2D eigenvalue weighted by molar-refractivity contribution is 7.18. The average molecular weight is 488 g/mol. The van der Waals surface area contributed by atoms with Crippen molar-refractivity contribution in [3.8, 4) is 5.75 Å². The number of ether oxygens (including phenoxy) is 1. The van der Waals surface area contributed by atoms with Gasteiger partial charge in [0.15, 0.2) is 0 Å². The first kappa shape index (κ1) is 23.8. The summed E-state index contributed by atoms with van der Waals surface area (Å²) in [6.45, 7) is 8.72. The molecule has 0 fully saturated rings. The summed E-state index contributed by atoms with van der Waals surface area (Å²) in [5.74, 6) is 0.782. The average Bonchev–Trinajstić information content (AvgIpc) is 3.14. The van der Waals surface area contributed by atoms with E-state index >= 15 is 0 Å². The predicted molar refractivity (Wildman–Crippen MR) is 135 cm³/mol. The lowest BCUT2D eigenvalue weighted by Crippen LogP contribution is -2.33. The van der Waals surface area contributed by atoms with Crippen molar-refractivity contribution < 1.29 is 9.53 Å². The Morgan fingerprint density at radius 3 is 2.82 bits per heavy atom. The second-order valence-corrected chi connectivity index (χ2v) is 11.2. The van der Waals surface area contributed by atoms with Crippen LogP contribution in [0.15, 0.2) is 29.3 Å². The molecule has 176 valence electrons. The van der Waals surface area contributed by atoms with Gasteiger partial charge in [0.2, 0.25) is 5.91 Å². The van der Waals surface area contributed by atoms with E-state index in [-0.39, 0.29) is 16.9 Å². The number of nitrogens with one attached hydrogen (secondary N) is 1. The molecule has 6 nitrogen and oxygen atoms in total. The van der Waals surface area contributed by atoms with Gasteiger partial charge < -0.3 is 10.1 Å². The maximum absolute atomic E-state index is 13.6. The van der Waals surface area contributed by atoms with Crippen molar-refractivity contribution in [1.29, 1.82) is 0 Å². The number of rotatable bonds is 5. The third kappa shape index (κ3) is 4.53. The monoisotopic (exact) mass is 487 g/mol. The SMILES string of the molecule is CCC(C(=O)Nc1cc(Cl)ccc1OC)n1cnc2sc3c(c2c1=O)CCC(C(C)(C)C)C3. The van der Waals surface area contributed by atoms with Gasteiger partial charge in [0.05, 0.1) is 24.5 Å². The van der Waals surface area contributed by atoms with E-state index in [1.165, 1.54) is 22.9 Å². The smallest absolute Gasteiger partial charge is 0.263 e. The first-order chi connectivity index (χ1) is 15.6. The minimum atomic E-state index is -0.695. The highest BCUT2D eigenvalue weighted by Gasteiger charge is 2.32. The number of thiophene rings is 1. The number of fused-ring (bicyclic) bond motifs is 3. The Labute approximate surface area is 202 Å². The number of carbonyl (C=O) groups excluding carboxylic acids is 1. The molecule has 1 aliphatic carbocycles. The summed E-state index contributed by atoms with van der Waals surface area (Å²) < 4.78 is 6.80. The van der Waals surface area contributed by atoms with Crippen LogP contribution in [-0.4, -0.2) is 22.6 Å². The number of aryl methyl sites for hydroxylation is 1. The number of benzene rings is 1. The number of anilines is 1. The normalized spacial score (nSPS) is 17.0. The topological polar surface area (TPSA) is 73.2 Å². The van der Waals surface area contributed by atoms with Gasteiger partial charge in [-0.1, -0.05) is 39.3 Å². The van der Waals surface area contributed by atoms with E-state index in [1.54, 1.807) is 29.5 Å². The first-order valence-corrected chi connectivity index (χ1v) is 12.5. The molecule has 0 bridgehead atoms. The maximum Gasteiger partial charge on any atom is 0.263 e. The zero-order valence-corrected chi connectivity index (χ0v) is 21.3. The number of carbonyl (C=O) groups is 1. The quantitative estimate of drug-likeness (QED) is 0.489. The predicted octanol–water partition coefficient (Wildman–Crippen LogP) is 5.86. The number of methoxy groups -OCH3 is 1. The molecule has 8 heteroatoms. The fourth-order valence-corrected chi connectivity index (χ4v) is 6.07. The molecule has 0 aliphatic heterocycles. The lowest BCUT2D eigenvalue weighted by Gasteiger charge is -2.33. The van der Waals surface area contributed by atoms with Crippen molar-refractivity contribution in [2.45, 2.75) is 59.4 Å². The zero-order chi connectivity index (χ0) is 23.9. The molecule has 1 aliphatic rings. The minimum absolute atomic E-state index is 0.147. The molecule has 2 unspecified atom stereocenters. The van der Waals surface area contributed by atoms with Crippen LogP contribution in [-0.2, 0) is 17.6 Å². The third-order valence-corrected chi connectivity index (χ3v) is 8.06. The van der Waals surface area contributed by atoms with Gasteiger partial charge in [-0.05, 0) is 60.8 Å². The molecule has 3 aromatic rings. The number of aromatic nitrogens is 2. The molecule has 4 rings (SSSR count). The molecule has 2 atom stereocenters. The molecule has 0 spiro atoms. The molecule has 2 aromatic heterocycles. The maximum atomic E-state index is 13.6. The Hall–Kier alpha value is -2.38. The molecule has 33 heavy (non-hydrogen) atoms. The molecule has 0 saturated heterocycles. The molecule has 1 amide bonds. The van der Waals surface area contributed by atoms with Crippen molar-refractivity contribution >= 4 is 44.7 Å². The second kappa shape index (κ2) is 9.11. The summed E-state index contributed by atoms with van der Waals surface area (Å²) in [5, 5.41) is 4.03. The van der Waals surface area contributed by atoms with Gasteiger partial charge in [0, 0.05) is 9.90 Å². The number of nitrogens with zero attached hydrogens (tertiary/aromatic N) is 2. The molecule has 0 radical (unpaired) electrons. The molecular weight excluding hydrogens is 458 g/mol. The Bertz CT molecular complexity index is 1260. The van der Waals surface area contributed by atoms with E-state index in [4.69, 9.17) is 16.3 Å². The van der Waals surface area contributed by atoms with Crippen LogP contribution in [0.5, 0.6) is 5.75 Å². The van der Waals surface area contributed by atoms with Crippen molar-refractivity contribution in [3.63, 3.8) is 0 Å². The number of halogens is 1. The number of hydrogen-bond donors (Lipinski definition) is 1. The van der Waals surface area contributed by atoms with Crippen LogP contribution in [0.1, 0.15) is 57.0 Å². The molecule has 1 aromatic carbocycles. The summed E-state index contributed by atoms with van der Waals surface area (Å²) in [4.78, 5) is 33.4. The molecule has 2 heterocycles. The Balaban J connectivity index is 1.69. The van der Waals surface area contributed by atoms with Crippen molar-refractivity contribution in [2.24, 2.45) is 11.3 Å². The molecule has 1 N–H and O–H groups in total. The Morgan fingerprint density at radius 2 is 2.15 bits per heavy atom. The van der Waals surface area contributed by atoms with Crippen LogP contribution >= 0.6 is 22.9 Å². The standard InChI is InChI=1S/C25H30ClN3O3S/c1-6-18(22(30)28-17-12-15(26)8-10-19(17)32-5)29-13-27-23-21(24(29)31)16-9-7-14(25(2,3)4)11-20(16)33-23/h8,10,12-14,18H,6-7,9,11H2,1-5H3,(H,28,30). The van der Waals surface area contributed by atoms with E-state index in [2.05, 4.69) is 31.1 Å². The highest BCUT2D eigenvalue weighted by Crippen LogP contribution is 2.42. The van der Waals surface area contributed by atoms with Crippen LogP contribution in [0.25, 0.3) is 10.2 Å². The fourth-order valence-electron chi connectivity index (χ4n) is 4.64. The van der Waals surface area contributed by atoms with E-state index < -0.39 is 6.04 Å². The van der Waals surface area contributed by atoms with Gasteiger partial charge in [-0.15, -0.1) is 11.3 Å². The van der Waals surface area contributed by atoms with Gasteiger partial charge >= 0.3 is 0 Å². The van der Waals surface area contributed by atoms with Gasteiger partial charge in [-0.3, -0.25) is 14.2 Å². The summed E-state index contributed by atoms with van der Waals surface area (Å²) in [6.07, 6.45) is 4.87. The highest BCUT2D eigenvalue weighted by atomic mass is 35.5. The van der Waals surface area contributed by atoms with Gasteiger partial charge in [-0.2, -0.15) is 0 Å². The van der Waals surface area contributed by atoms with Gasteiger partial charge in [0.1, 0.15) is 16.6 Å². The van der Waals surface area contributed by atoms with Crippen LogP contribution in [0, 0.1) is 11.3 Å². The van der Waals surface area contributed by atoms with E-state index in [9.17, 15) is 9.59 Å². The number of hydrogen-bond acceptors (Lipinski definition) is 5. The van der Waals surface area contributed by atoms with Crippen molar-refractivity contribution in [2.75, 3.05) is 12.4 Å². The van der Waals surface area contributed by atoms with Gasteiger partial charge in [-0.25, -0.2) is 4.98 Å². The van der Waals surface area contributed by atoms with Crippen LogP contribution in [0.3, 0.4) is 0 Å². The fraction of sp³-hybridized carbons (Fsp3) is 0.480. The first-order valence-electron chi connectivity index (χ1n) is 11.3. The molecular formula is C25H30ClN3O3S. The van der Waals surface area contributed by atoms with E-state index in [0.29, 0.717) is 34.2 Å². The summed E-state index contributed by atoms with van der Waals surface area (Å²) in [5.41, 5.74) is 1.67. The van der Waals surface area contributed by atoms with Crippen molar-refractivity contribution in [1.82, 2.24) is 9.55 Å². The lowest BCUT2D eigenvalue weighted by molar-refractivity contribution is -0.119. The van der Waals surface area contributed by atoms with E-state index in [1.807, 2.05) is 6.92 Å². The van der Waals surface area contributed by atoms with Gasteiger partial charge in [0.25, 0.3) is 5.56 Å². The van der Waals surface area contributed by atoms with E-state index in [0.717, 1.165) is 29.7 Å². The Morgan fingerprint density at radius 1 is 1.39 bits per heavy atom. The summed E-state index contributed by atoms with van der Waals surface area (Å²) in [7, 11) is 1.53. The van der Waals surface area contributed by atoms with Crippen LogP contribution in [0.4, 0.5) is 5.69 Å². The number of amides is 1. The summed E-state index contributed by atoms with van der Waals surface area (Å²) >= 11 is 7.72. The van der Waals surface area contributed by atoms with Crippen LogP contribution < -0.4 is 15.6 Å².